The fourth-order valence-corrected chi connectivity index (χ4v) is 2.70. The number of methoxy groups -OCH3 is 1. The van der Waals surface area contributed by atoms with E-state index in [-0.39, 0.29) is 5.91 Å². The Hall–Kier alpha value is -3.40. The number of hydrogen-bond donors (Lipinski definition) is 1. The van der Waals surface area contributed by atoms with Gasteiger partial charge in [0.1, 0.15) is 0 Å². The highest BCUT2D eigenvalue weighted by atomic mass is 16.5. The second kappa shape index (κ2) is 8.12. The number of amides is 1. The van der Waals surface area contributed by atoms with Crippen molar-refractivity contribution in [2.24, 2.45) is 0 Å². The highest BCUT2D eigenvalue weighted by Gasteiger charge is 2.24. The van der Waals surface area contributed by atoms with E-state index in [1.54, 1.807) is 24.3 Å². The molecule has 26 heavy (non-hydrogen) atoms. The molecule has 0 spiro atoms. The van der Waals surface area contributed by atoms with Crippen LogP contribution in [-0.2, 0) is 9.53 Å². The van der Waals surface area contributed by atoms with Gasteiger partial charge in [-0.2, -0.15) is 0 Å². The Morgan fingerprint density at radius 2 is 1.31 bits per heavy atom. The van der Waals surface area contributed by atoms with Crippen molar-refractivity contribution in [3.05, 3.63) is 96.1 Å². The second-order valence-electron chi connectivity index (χ2n) is 5.78. The number of carbonyl (C=O) groups is 2. The number of ether oxygens (including phenoxy) is 1. The first-order valence-electron chi connectivity index (χ1n) is 8.28. The molecule has 3 aromatic rings. The first-order chi connectivity index (χ1) is 12.7. The molecule has 1 N–H and O–H groups in total. The lowest BCUT2D eigenvalue weighted by atomic mass is 10.0. The van der Waals surface area contributed by atoms with E-state index in [1.807, 2.05) is 60.7 Å². The van der Waals surface area contributed by atoms with E-state index in [2.05, 4.69) is 5.32 Å². The Kier molecular flexibility index (Phi) is 5.44. The van der Waals surface area contributed by atoms with Gasteiger partial charge in [0.15, 0.2) is 6.04 Å². The summed E-state index contributed by atoms with van der Waals surface area (Å²) in [5, 5.41) is 2.75. The van der Waals surface area contributed by atoms with Crippen LogP contribution in [-0.4, -0.2) is 19.0 Å². The highest BCUT2D eigenvalue weighted by molar-refractivity contribution is 5.97. The van der Waals surface area contributed by atoms with Gasteiger partial charge in [-0.15, -0.1) is 0 Å². The predicted octanol–water partition coefficient (Wildman–Crippen LogP) is 4.00. The van der Waals surface area contributed by atoms with Crippen LogP contribution in [0.3, 0.4) is 0 Å². The fourth-order valence-electron chi connectivity index (χ4n) is 2.70. The van der Waals surface area contributed by atoms with Crippen molar-refractivity contribution >= 4 is 11.9 Å². The number of nitrogens with one attached hydrogen (secondary N) is 1. The molecule has 130 valence electrons. The topological polar surface area (TPSA) is 55.4 Å². The summed E-state index contributed by atoms with van der Waals surface area (Å²) < 4.78 is 4.86. The minimum Gasteiger partial charge on any atom is -0.467 e. The lowest BCUT2D eigenvalue weighted by molar-refractivity contribution is -0.143. The molecule has 1 amide bonds. The van der Waals surface area contributed by atoms with Crippen LogP contribution < -0.4 is 5.32 Å². The van der Waals surface area contributed by atoms with Gasteiger partial charge in [-0.25, -0.2) is 4.79 Å². The first kappa shape index (κ1) is 17.4. The van der Waals surface area contributed by atoms with Crippen LogP contribution in [0.2, 0.25) is 0 Å². The quantitative estimate of drug-likeness (QED) is 0.711. The van der Waals surface area contributed by atoms with Crippen molar-refractivity contribution in [3.63, 3.8) is 0 Å². The zero-order valence-electron chi connectivity index (χ0n) is 14.4. The summed E-state index contributed by atoms with van der Waals surface area (Å²) in [5.74, 6) is -0.838. The van der Waals surface area contributed by atoms with Gasteiger partial charge in [0, 0.05) is 5.56 Å². The Bertz CT molecular complexity index is 874. The van der Waals surface area contributed by atoms with Crippen LogP contribution in [0.15, 0.2) is 84.9 Å². The van der Waals surface area contributed by atoms with Gasteiger partial charge in [0.2, 0.25) is 0 Å². The molecule has 0 aliphatic rings. The van der Waals surface area contributed by atoms with Crippen molar-refractivity contribution in [2.75, 3.05) is 7.11 Å². The molecule has 4 nitrogen and oxygen atoms in total. The molecule has 1 unspecified atom stereocenters. The number of hydrogen-bond acceptors (Lipinski definition) is 3. The highest BCUT2D eigenvalue weighted by Crippen LogP contribution is 2.23. The third kappa shape index (κ3) is 3.98. The summed E-state index contributed by atoms with van der Waals surface area (Å²) in [7, 11) is 1.31. The molecule has 0 aliphatic heterocycles. The van der Waals surface area contributed by atoms with Gasteiger partial charge in [0.25, 0.3) is 5.91 Å². The zero-order chi connectivity index (χ0) is 18.4. The fraction of sp³-hybridized carbons (Fsp3) is 0.0909. The minimum absolute atomic E-state index is 0.326. The number of rotatable bonds is 5. The third-order valence-electron chi connectivity index (χ3n) is 4.10. The Morgan fingerprint density at radius 3 is 1.88 bits per heavy atom. The number of carbonyl (C=O) groups excluding carboxylic acids is 2. The molecule has 3 rings (SSSR count). The van der Waals surface area contributed by atoms with Crippen LogP contribution in [0.1, 0.15) is 22.0 Å². The molecule has 4 heteroatoms. The van der Waals surface area contributed by atoms with Gasteiger partial charge in [0.05, 0.1) is 7.11 Å². The molecule has 0 radical (unpaired) electrons. The van der Waals surface area contributed by atoms with Crippen molar-refractivity contribution in [1.29, 1.82) is 0 Å². The van der Waals surface area contributed by atoms with Crippen molar-refractivity contribution in [1.82, 2.24) is 5.32 Å². The average Bonchev–Trinajstić information content (AvgIpc) is 2.72. The van der Waals surface area contributed by atoms with E-state index in [1.165, 1.54) is 7.11 Å². The summed E-state index contributed by atoms with van der Waals surface area (Å²) in [6.07, 6.45) is 0. The van der Waals surface area contributed by atoms with Crippen molar-refractivity contribution in [2.45, 2.75) is 6.04 Å². The van der Waals surface area contributed by atoms with Gasteiger partial charge in [-0.1, -0.05) is 72.8 Å². The molecular weight excluding hydrogens is 326 g/mol. The second-order valence-corrected chi connectivity index (χ2v) is 5.78. The van der Waals surface area contributed by atoms with Gasteiger partial charge < -0.3 is 10.1 Å². The number of esters is 1. The molecule has 0 saturated carbocycles. The normalized spacial score (nSPS) is 11.4. The van der Waals surface area contributed by atoms with Crippen LogP contribution in [0.25, 0.3) is 11.1 Å². The molecule has 0 aromatic heterocycles. The molecule has 1 atom stereocenters. The summed E-state index contributed by atoms with van der Waals surface area (Å²) in [6.45, 7) is 0. The number of benzene rings is 3. The summed E-state index contributed by atoms with van der Waals surface area (Å²) in [5.41, 5.74) is 3.28. The average molecular weight is 345 g/mol. The monoisotopic (exact) mass is 345 g/mol. The van der Waals surface area contributed by atoms with Crippen LogP contribution in [0.4, 0.5) is 0 Å². The Labute approximate surface area is 152 Å². The standard InChI is InChI=1S/C22H19NO3/c1-26-22(25)20(23-21(24)19-10-6-3-7-11-19)18-14-12-17(13-15-18)16-8-4-2-5-9-16/h2-15,20H,1H3,(H,23,24). The van der Waals surface area contributed by atoms with Crippen LogP contribution in [0, 0.1) is 0 Å². The van der Waals surface area contributed by atoms with E-state index in [0.29, 0.717) is 11.1 Å². The maximum atomic E-state index is 12.4. The van der Waals surface area contributed by atoms with Gasteiger partial charge in [-0.05, 0) is 28.8 Å². The zero-order valence-corrected chi connectivity index (χ0v) is 14.4. The van der Waals surface area contributed by atoms with E-state index in [4.69, 9.17) is 4.74 Å². The van der Waals surface area contributed by atoms with E-state index >= 15 is 0 Å². The van der Waals surface area contributed by atoms with E-state index < -0.39 is 12.0 Å². The molecule has 3 aromatic carbocycles. The Morgan fingerprint density at radius 1 is 0.769 bits per heavy atom. The van der Waals surface area contributed by atoms with Crippen LogP contribution in [0.5, 0.6) is 0 Å². The smallest absolute Gasteiger partial charge is 0.333 e. The molecule has 0 saturated heterocycles. The largest absolute Gasteiger partial charge is 0.467 e. The lowest BCUT2D eigenvalue weighted by Crippen LogP contribution is -2.34. The molecule has 0 bridgehead atoms. The SMILES string of the molecule is COC(=O)C(NC(=O)c1ccccc1)c1ccc(-c2ccccc2)cc1. The molecular formula is C22H19NO3. The Balaban J connectivity index is 1.84. The first-order valence-corrected chi connectivity index (χ1v) is 8.28. The lowest BCUT2D eigenvalue weighted by Gasteiger charge is -2.17. The van der Waals surface area contributed by atoms with E-state index in [0.717, 1.165) is 11.1 Å². The van der Waals surface area contributed by atoms with Gasteiger partial charge >= 0.3 is 5.97 Å². The maximum Gasteiger partial charge on any atom is 0.333 e. The minimum atomic E-state index is -0.863. The van der Waals surface area contributed by atoms with Crippen molar-refractivity contribution < 1.29 is 14.3 Å². The summed E-state index contributed by atoms with van der Waals surface area (Å²) >= 11 is 0. The summed E-state index contributed by atoms with van der Waals surface area (Å²) in [4.78, 5) is 24.6. The third-order valence-corrected chi connectivity index (χ3v) is 4.10. The summed E-state index contributed by atoms with van der Waals surface area (Å²) in [6, 6.07) is 25.4. The maximum absolute atomic E-state index is 12.4. The molecule has 0 fully saturated rings. The van der Waals surface area contributed by atoms with Gasteiger partial charge in [-0.3, -0.25) is 4.79 Å². The predicted molar refractivity (Wildman–Crippen MR) is 101 cm³/mol. The van der Waals surface area contributed by atoms with Crippen LogP contribution >= 0.6 is 0 Å². The molecule has 0 heterocycles. The molecule has 0 aliphatic carbocycles. The van der Waals surface area contributed by atoms with E-state index in [9.17, 15) is 9.59 Å². The van der Waals surface area contributed by atoms with Crippen molar-refractivity contribution in [3.8, 4) is 11.1 Å².